The van der Waals surface area contributed by atoms with E-state index in [4.69, 9.17) is 0 Å². The third kappa shape index (κ3) is 4.74. The average molecular weight is 419 g/mol. The van der Waals surface area contributed by atoms with Crippen LogP contribution in [0.25, 0.3) is 0 Å². The third-order valence-electron chi connectivity index (χ3n) is 9.17. The van der Waals surface area contributed by atoms with E-state index >= 15 is 0 Å². The van der Waals surface area contributed by atoms with Crippen LogP contribution in [0.5, 0.6) is 0 Å². The fourth-order valence-corrected chi connectivity index (χ4v) is 6.64. The summed E-state index contributed by atoms with van der Waals surface area (Å²) in [6.07, 6.45) is 6.96. The summed E-state index contributed by atoms with van der Waals surface area (Å²) in [4.78, 5) is 8.45. The van der Waals surface area contributed by atoms with Crippen molar-refractivity contribution in [2.75, 3.05) is 65.4 Å². The van der Waals surface area contributed by atoms with Gasteiger partial charge in [0, 0.05) is 62.9 Å². The molecule has 30 heavy (non-hydrogen) atoms. The van der Waals surface area contributed by atoms with Crippen LogP contribution < -0.4 is 16.0 Å². The summed E-state index contributed by atoms with van der Waals surface area (Å²) in [6, 6.07) is 3.77. The first-order valence-corrected chi connectivity index (χ1v) is 13.1. The molecule has 0 saturated carbocycles. The molecule has 3 N–H and O–H groups in total. The normalized spacial score (nSPS) is 40.9. The van der Waals surface area contributed by atoms with Gasteiger partial charge in [-0.05, 0) is 83.6 Å². The van der Waals surface area contributed by atoms with E-state index in [1.54, 1.807) is 0 Å². The van der Waals surface area contributed by atoms with Crippen molar-refractivity contribution >= 4 is 0 Å². The lowest BCUT2D eigenvalue weighted by atomic mass is 9.90. The van der Waals surface area contributed by atoms with Gasteiger partial charge in [0.1, 0.15) is 0 Å². The zero-order valence-electron chi connectivity index (χ0n) is 19.5. The van der Waals surface area contributed by atoms with Crippen molar-refractivity contribution in [1.29, 1.82) is 0 Å². The summed E-state index contributed by atoms with van der Waals surface area (Å²) < 4.78 is 0. The lowest BCUT2D eigenvalue weighted by Crippen LogP contribution is -2.53. The highest BCUT2D eigenvalue weighted by Crippen LogP contribution is 2.36. The smallest absolute Gasteiger partial charge is 0.0207 e. The Morgan fingerprint density at radius 3 is 2.17 bits per heavy atom. The molecule has 4 unspecified atom stereocenters. The molecule has 0 radical (unpaired) electrons. The van der Waals surface area contributed by atoms with E-state index in [2.05, 4.69) is 44.5 Å². The lowest BCUT2D eigenvalue weighted by molar-refractivity contribution is 0.126. The number of nitrogens with one attached hydrogen (secondary N) is 3. The van der Waals surface area contributed by atoms with E-state index in [-0.39, 0.29) is 0 Å². The van der Waals surface area contributed by atoms with Crippen molar-refractivity contribution in [2.45, 2.75) is 76.2 Å². The van der Waals surface area contributed by atoms with Gasteiger partial charge in [-0.2, -0.15) is 0 Å². The van der Waals surface area contributed by atoms with Crippen molar-refractivity contribution in [2.24, 2.45) is 11.8 Å². The Hall–Kier alpha value is -0.240. The Balaban J connectivity index is 1.20. The number of rotatable bonds is 10. The van der Waals surface area contributed by atoms with E-state index in [1.165, 1.54) is 97.6 Å². The summed E-state index contributed by atoms with van der Waals surface area (Å²) in [6.45, 7) is 17.5. The van der Waals surface area contributed by atoms with Crippen LogP contribution in [0.3, 0.4) is 0 Å². The first-order valence-electron chi connectivity index (χ1n) is 13.1. The van der Waals surface area contributed by atoms with Gasteiger partial charge < -0.3 is 20.9 Å². The topological polar surface area (TPSA) is 45.8 Å². The second-order valence-corrected chi connectivity index (χ2v) is 11.0. The fourth-order valence-electron chi connectivity index (χ4n) is 6.64. The summed E-state index contributed by atoms with van der Waals surface area (Å²) in [5.41, 5.74) is 0. The maximum absolute atomic E-state index is 3.67. The van der Waals surface area contributed by atoms with Gasteiger partial charge in [-0.15, -0.1) is 0 Å². The Morgan fingerprint density at radius 1 is 0.900 bits per heavy atom. The number of likely N-dealkylation sites (N-methyl/N-ethyl adjacent to an activating group) is 1. The quantitative estimate of drug-likeness (QED) is 0.488. The van der Waals surface area contributed by atoms with E-state index in [0.29, 0.717) is 6.04 Å². The molecule has 5 fully saturated rings. The summed E-state index contributed by atoms with van der Waals surface area (Å²) >= 11 is 0. The molecule has 5 saturated heterocycles. The monoisotopic (exact) mass is 418 g/mol. The second kappa shape index (κ2) is 9.72. The van der Waals surface area contributed by atoms with Crippen LogP contribution in [0, 0.1) is 11.8 Å². The number of nitrogens with zero attached hydrogens (tertiary/aromatic N) is 3. The molecule has 5 aliphatic rings. The summed E-state index contributed by atoms with van der Waals surface area (Å²) in [5, 5.41) is 10.9. The van der Waals surface area contributed by atoms with Crippen LogP contribution in [0.15, 0.2) is 0 Å². The molecule has 0 aromatic rings. The van der Waals surface area contributed by atoms with Gasteiger partial charge in [0.2, 0.25) is 0 Å². The van der Waals surface area contributed by atoms with Crippen molar-refractivity contribution in [3.8, 4) is 0 Å². The van der Waals surface area contributed by atoms with Crippen LogP contribution in [-0.4, -0.2) is 110 Å². The molecule has 0 amide bonds. The average Bonchev–Trinajstić information content (AvgIpc) is 3.27. The first kappa shape index (κ1) is 21.6. The molecule has 6 nitrogen and oxygen atoms in total. The maximum atomic E-state index is 3.67. The molecule has 172 valence electrons. The zero-order chi connectivity index (χ0) is 20.5. The Kier molecular flexibility index (Phi) is 6.99. The predicted molar refractivity (Wildman–Crippen MR) is 124 cm³/mol. The van der Waals surface area contributed by atoms with Crippen molar-refractivity contribution in [3.05, 3.63) is 0 Å². The SMILES string of the molecule is CCN(C[C@H]1CCN1)C(C)C1CC(C2CCN(C[C@@H]3CCN3)C2)N(C[C@H]2CCN2)C1. The minimum absolute atomic E-state index is 0.705. The van der Waals surface area contributed by atoms with Crippen LogP contribution >= 0.6 is 0 Å². The van der Waals surface area contributed by atoms with Gasteiger partial charge in [0.25, 0.3) is 0 Å². The van der Waals surface area contributed by atoms with Crippen molar-refractivity contribution < 1.29 is 0 Å². The predicted octanol–water partition coefficient (Wildman–Crippen LogP) is 0.795. The van der Waals surface area contributed by atoms with Crippen molar-refractivity contribution in [1.82, 2.24) is 30.7 Å². The number of hydrogen-bond acceptors (Lipinski definition) is 6. The highest BCUT2D eigenvalue weighted by atomic mass is 15.3. The van der Waals surface area contributed by atoms with E-state index in [1.807, 2.05) is 0 Å². The van der Waals surface area contributed by atoms with Gasteiger partial charge in [0.15, 0.2) is 0 Å². The summed E-state index contributed by atoms with van der Waals surface area (Å²) in [7, 11) is 0. The maximum Gasteiger partial charge on any atom is 0.0207 e. The molecule has 0 aromatic carbocycles. The molecule has 0 spiro atoms. The zero-order valence-corrected chi connectivity index (χ0v) is 19.5. The molecule has 0 aromatic heterocycles. The molecular weight excluding hydrogens is 372 g/mol. The Bertz CT molecular complexity index is 546. The molecule has 0 aliphatic carbocycles. The molecule has 6 heteroatoms. The minimum Gasteiger partial charge on any atom is -0.313 e. The number of likely N-dealkylation sites (tertiary alicyclic amines) is 2. The highest BCUT2D eigenvalue weighted by Gasteiger charge is 2.43. The Labute approximate surface area is 184 Å². The van der Waals surface area contributed by atoms with E-state index in [9.17, 15) is 0 Å². The molecule has 7 atom stereocenters. The molecule has 5 rings (SSSR count). The molecule has 5 aliphatic heterocycles. The Morgan fingerprint density at radius 2 is 1.57 bits per heavy atom. The first-order chi connectivity index (χ1) is 14.7. The number of hydrogen-bond donors (Lipinski definition) is 3. The molecular formula is C24H46N6. The third-order valence-corrected chi connectivity index (χ3v) is 9.17. The minimum atomic E-state index is 0.705. The van der Waals surface area contributed by atoms with E-state index in [0.717, 1.165) is 36.0 Å². The second-order valence-electron chi connectivity index (χ2n) is 11.0. The molecule has 0 bridgehead atoms. The van der Waals surface area contributed by atoms with E-state index < -0.39 is 0 Å². The van der Waals surface area contributed by atoms with Crippen LogP contribution in [-0.2, 0) is 0 Å². The van der Waals surface area contributed by atoms with Gasteiger partial charge in [-0.25, -0.2) is 0 Å². The van der Waals surface area contributed by atoms with Gasteiger partial charge in [-0.3, -0.25) is 9.80 Å². The van der Waals surface area contributed by atoms with Crippen LogP contribution in [0.4, 0.5) is 0 Å². The highest BCUT2D eigenvalue weighted by molar-refractivity contribution is 4.99. The lowest BCUT2D eigenvalue weighted by Gasteiger charge is -2.38. The standard InChI is InChI=1S/C24H46N6/c1-3-29(16-22-5-9-26-22)18(2)20-12-24(30(14-20)17-23-6-10-27-23)19-7-11-28(13-19)15-21-4-8-25-21/h18-27H,3-17H2,1-2H3/t18?,19?,20?,21-,22+,23+,24?/m0/s1. The van der Waals surface area contributed by atoms with Gasteiger partial charge >= 0.3 is 0 Å². The van der Waals surface area contributed by atoms with Crippen molar-refractivity contribution in [3.63, 3.8) is 0 Å². The van der Waals surface area contributed by atoms with Gasteiger partial charge in [0.05, 0.1) is 0 Å². The largest absolute Gasteiger partial charge is 0.313 e. The van der Waals surface area contributed by atoms with Crippen LogP contribution in [0.1, 0.15) is 46.0 Å². The molecule has 5 heterocycles. The summed E-state index contributed by atoms with van der Waals surface area (Å²) in [5.74, 6) is 1.71. The fraction of sp³-hybridized carbons (Fsp3) is 1.00. The van der Waals surface area contributed by atoms with Crippen LogP contribution in [0.2, 0.25) is 0 Å². The van der Waals surface area contributed by atoms with Gasteiger partial charge in [-0.1, -0.05) is 6.92 Å².